The van der Waals surface area contributed by atoms with E-state index < -0.39 is 42.2 Å². The van der Waals surface area contributed by atoms with Crippen LogP contribution in [0.4, 0.5) is 8.78 Å². The molecule has 3 N–H and O–H groups in total. The third-order valence-electron chi connectivity index (χ3n) is 8.92. The molecular formula is C33H40F2N3O6PS. The Morgan fingerprint density at radius 1 is 0.978 bits per heavy atom. The molecule has 2 aromatic carbocycles. The normalized spacial score (nSPS) is 20.4. The minimum atomic E-state index is -5.76. The molecule has 0 saturated carbocycles. The molecule has 2 aliphatic rings. The van der Waals surface area contributed by atoms with Crippen LogP contribution in [-0.4, -0.2) is 69.0 Å². The molecule has 0 aliphatic carbocycles. The van der Waals surface area contributed by atoms with Gasteiger partial charge >= 0.3 is 13.3 Å². The average Bonchev–Trinajstić information content (AvgIpc) is 3.46. The number of fused-ring (bicyclic) bond motifs is 1. The van der Waals surface area contributed by atoms with Crippen LogP contribution in [-0.2, 0) is 19.8 Å². The predicted octanol–water partition coefficient (Wildman–Crippen LogP) is 6.06. The van der Waals surface area contributed by atoms with Crippen LogP contribution < -0.4 is 5.32 Å². The average molecular weight is 676 g/mol. The van der Waals surface area contributed by atoms with E-state index in [1.807, 2.05) is 43.9 Å². The van der Waals surface area contributed by atoms with Crippen molar-refractivity contribution in [3.8, 4) is 0 Å². The number of benzene rings is 2. The van der Waals surface area contributed by atoms with Crippen LogP contribution in [0, 0.1) is 5.41 Å². The van der Waals surface area contributed by atoms with E-state index in [0.717, 1.165) is 49.2 Å². The molecule has 3 aromatic rings. The molecule has 13 heteroatoms. The number of alkyl halides is 2. The number of rotatable bonds is 7. The van der Waals surface area contributed by atoms with Crippen molar-refractivity contribution < 1.29 is 37.5 Å². The van der Waals surface area contributed by atoms with Gasteiger partial charge in [-0.05, 0) is 66.7 Å². The van der Waals surface area contributed by atoms with E-state index in [1.165, 1.54) is 17.7 Å². The fraction of sp³-hybridized carbons (Fsp3) is 0.485. The molecule has 5 rings (SSSR count). The van der Waals surface area contributed by atoms with Crippen molar-refractivity contribution in [2.45, 2.75) is 76.5 Å². The number of nitrogens with zero attached hydrogens (tertiary/aromatic N) is 2. The highest BCUT2D eigenvalue weighted by atomic mass is 32.1. The molecule has 248 valence electrons. The van der Waals surface area contributed by atoms with E-state index in [2.05, 4.69) is 17.4 Å². The van der Waals surface area contributed by atoms with Crippen LogP contribution in [0.5, 0.6) is 0 Å². The summed E-state index contributed by atoms with van der Waals surface area (Å²) in [6.07, 6.45) is 3.96. The van der Waals surface area contributed by atoms with Crippen LogP contribution in [0.1, 0.15) is 79.6 Å². The summed E-state index contributed by atoms with van der Waals surface area (Å²) in [7, 11) is -5.76. The van der Waals surface area contributed by atoms with Crippen LogP contribution in [0.25, 0.3) is 10.1 Å². The molecule has 3 unspecified atom stereocenters. The standard InChI is InChI=1S/C33H40F2N3O6PS/c1-32(2,3)28(36-29(39)27-19-23-18-24(14-15-26(23)46-27)33(34,35)45(42,43)44)31(41)38-17-8-7-13-25(38)30(40)37-16-9-12-22(20-37)21-10-5-4-6-11-21/h4-6,10-11,14-15,18-19,22,25,28H,7-9,12-13,16-17,20H2,1-3H3,(H,36,39)(H2,42,43,44). The molecule has 2 fully saturated rings. The first-order valence-electron chi connectivity index (χ1n) is 15.5. The third kappa shape index (κ3) is 7.05. The van der Waals surface area contributed by atoms with Crippen molar-refractivity contribution in [3.05, 3.63) is 70.6 Å². The van der Waals surface area contributed by atoms with E-state index in [9.17, 15) is 27.7 Å². The minimum Gasteiger partial charge on any atom is -0.340 e. The number of piperidine rings is 2. The smallest absolute Gasteiger partial charge is 0.340 e. The largest absolute Gasteiger partial charge is 0.399 e. The molecule has 1 aromatic heterocycles. The first-order chi connectivity index (χ1) is 21.6. The van der Waals surface area contributed by atoms with Gasteiger partial charge in [0.2, 0.25) is 11.8 Å². The van der Waals surface area contributed by atoms with Gasteiger partial charge in [0, 0.05) is 35.8 Å². The monoisotopic (exact) mass is 675 g/mol. The summed E-state index contributed by atoms with van der Waals surface area (Å²) in [5.74, 6) is -0.770. The Labute approximate surface area is 271 Å². The van der Waals surface area contributed by atoms with Crippen molar-refractivity contribution in [1.29, 1.82) is 0 Å². The Hall–Kier alpha value is -3.18. The number of halogens is 2. The van der Waals surface area contributed by atoms with Crippen molar-refractivity contribution in [2.75, 3.05) is 19.6 Å². The highest BCUT2D eigenvalue weighted by molar-refractivity contribution is 7.52. The highest BCUT2D eigenvalue weighted by Crippen LogP contribution is 2.59. The fourth-order valence-electron chi connectivity index (χ4n) is 6.36. The number of hydrogen-bond donors (Lipinski definition) is 3. The first-order valence-corrected chi connectivity index (χ1v) is 17.9. The van der Waals surface area contributed by atoms with Crippen LogP contribution >= 0.6 is 18.9 Å². The number of hydrogen-bond acceptors (Lipinski definition) is 5. The summed E-state index contributed by atoms with van der Waals surface area (Å²) in [4.78, 5) is 63.6. The molecule has 46 heavy (non-hydrogen) atoms. The van der Waals surface area contributed by atoms with Gasteiger partial charge in [-0.1, -0.05) is 57.2 Å². The van der Waals surface area contributed by atoms with E-state index in [4.69, 9.17) is 9.79 Å². The Morgan fingerprint density at radius 2 is 1.70 bits per heavy atom. The maximum atomic E-state index is 14.3. The zero-order chi connectivity index (χ0) is 33.4. The third-order valence-corrected chi connectivity index (χ3v) is 11.0. The maximum absolute atomic E-state index is 14.3. The topological polar surface area (TPSA) is 127 Å². The van der Waals surface area contributed by atoms with Crippen molar-refractivity contribution in [1.82, 2.24) is 15.1 Å². The summed E-state index contributed by atoms with van der Waals surface area (Å²) in [6.45, 7) is 7.10. The van der Waals surface area contributed by atoms with Gasteiger partial charge in [0.25, 0.3) is 5.91 Å². The lowest BCUT2D eigenvalue weighted by atomic mass is 9.84. The number of nitrogens with one attached hydrogen (secondary N) is 1. The number of likely N-dealkylation sites (tertiary alicyclic amines) is 2. The van der Waals surface area contributed by atoms with Gasteiger partial charge in [0.1, 0.15) is 12.1 Å². The second-order valence-corrected chi connectivity index (χ2v) is 16.0. The maximum Gasteiger partial charge on any atom is 0.399 e. The lowest BCUT2D eigenvalue weighted by Crippen LogP contribution is -2.61. The molecular weight excluding hydrogens is 635 g/mol. The van der Waals surface area contributed by atoms with Crippen molar-refractivity contribution >= 4 is 46.7 Å². The Balaban J connectivity index is 1.34. The number of carbonyl (C=O) groups is 3. The van der Waals surface area contributed by atoms with Crippen molar-refractivity contribution in [2.24, 2.45) is 5.41 Å². The lowest BCUT2D eigenvalue weighted by Gasteiger charge is -2.43. The highest BCUT2D eigenvalue weighted by Gasteiger charge is 2.50. The molecule has 2 saturated heterocycles. The van der Waals surface area contributed by atoms with E-state index in [1.54, 1.807) is 4.90 Å². The Morgan fingerprint density at radius 3 is 2.37 bits per heavy atom. The minimum absolute atomic E-state index is 0.0694. The zero-order valence-corrected chi connectivity index (χ0v) is 27.8. The van der Waals surface area contributed by atoms with Gasteiger partial charge in [-0.3, -0.25) is 18.9 Å². The first kappa shape index (κ1) is 34.2. The van der Waals surface area contributed by atoms with Crippen molar-refractivity contribution in [3.63, 3.8) is 0 Å². The molecule has 3 amide bonds. The summed E-state index contributed by atoms with van der Waals surface area (Å²) in [5, 5.41) is 3.07. The molecule has 0 radical (unpaired) electrons. The molecule has 9 nitrogen and oxygen atoms in total. The van der Waals surface area contributed by atoms with E-state index in [-0.39, 0.29) is 28.0 Å². The van der Waals surface area contributed by atoms with Gasteiger partial charge in [-0.2, -0.15) is 8.78 Å². The predicted molar refractivity (Wildman–Crippen MR) is 173 cm³/mol. The van der Waals surface area contributed by atoms with Gasteiger partial charge in [0.15, 0.2) is 0 Å². The van der Waals surface area contributed by atoms with E-state index >= 15 is 0 Å². The summed E-state index contributed by atoms with van der Waals surface area (Å²) < 4.78 is 40.5. The van der Waals surface area contributed by atoms with Crippen LogP contribution in [0.2, 0.25) is 0 Å². The van der Waals surface area contributed by atoms with E-state index in [0.29, 0.717) is 30.8 Å². The quantitative estimate of drug-likeness (QED) is 0.262. The number of thiophene rings is 1. The van der Waals surface area contributed by atoms with Crippen LogP contribution in [0.3, 0.4) is 0 Å². The van der Waals surface area contributed by atoms with Gasteiger partial charge in [-0.25, -0.2) is 0 Å². The van der Waals surface area contributed by atoms with Crippen LogP contribution in [0.15, 0.2) is 54.6 Å². The zero-order valence-electron chi connectivity index (χ0n) is 26.1. The molecule has 0 spiro atoms. The lowest BCUT2D eigenvalue weighted by molar-refractivity contribution is -0.150. The summed E-state index contributed by atoms with van der Waals surface area (Å²) >= 11 is 1.02. The summed E-state index contributed by atoms with van der Waals surface area (Å²) in [5.41, 5.74) is -4.77. The molecule has 2 aliphatic heterocycles. The molecule has 0 bridgehead atoms. The number of amides is 3. The SMILES string of the molecule is CC(C)(C)C(NC(=O)c1cc2cc(C(F)(F)P(=O)(O)O)ccc2s1)C(=O)N1CCCCC1C(=O)N1CCCC(c2ccccc2)C1. The Bertz CT molecular complexity index is 1650. The Kier molecular flexibility index (Phi) is 9.76. The number of carbonyl (C=O) groups excluding carboxylic acids is 3. The second-order valence-electron chi connectivity index (χ2n) is 13.3. The molecule has 3 atom stereocenters. The second kappa shape index (κ2) is 13.1. The van der Waals surface area contributed by atoms with Gasteiger partial charge < -0.3 is 24.9 Å². The summed E-state index contributed by atoms with van der Waals surface area (Å²) in [6, 6.07) is 13.1. The fourth-order valence-corrected chi connectivity index (χ4v) is 7.79. The van der Waals surface area contributed by atoms with Gasteiger partial charge in [-0.15, -0.1) is 11.3 Å². The molecule has 3 heterocycles. The van der Waals surface area contributed by atoms with Gasteiger partial charge in [0.05, 0.1) is 4.88 Å².